The van der Waals surface area contributed by atoms with E-state index in [0.717, 1.165) is 19.0 Å². The van der Waals surface area contributed by atoms with Crippen molar-refractivity contribution in [3.8, 4) is 0 Å². The van der Waals surface area contributed by atoms with Crippen LogP contribution in [-0.4, -0.2) is 26.2 Å². The number of aryl methyl sites for hydroxylation is 2. The molecule has 1 aromatic carbocycles. The van der Waals surface area contributed by atoms with Crippen molar-refractivity contribution in [2.45, 2.75) is 32.6 Å². The molecule has 1 saturated heterocycles. The van der Waals surface area contributed by atoms with Crippen molar-refractivity contribution >= 4 is 5.69 Å². The zero-order chi connectivity index (χ0) is 12.4. The summed E-state index contributed by atoms with van der Waals surface area (Å²) in [6.07, 6.45) is 5.17. The van der Waals surface area contributed by atoms with Crippen LogP contribution in [-0.2, 0) is 12.8 Å². The molecule has 1 fully saturated rings. The lowest BCUT2D eigenvalue weighted by molar-refractivity contribution is 0.468. The zero-order valence-electron chi connectivity index (χ0n) is 11.4. The lowest BCUT2D eigenvalue weighted by Gasteiger charge is -2.31. The SMILES string of the molecule is CC1CNCCCN(c2ccc3c(c2)CCC3)C1. The van der Waals surface area contributed by atoms with Gasteiger partial charge in [-0.1, -0.05) is 13.0 Å². The lowest BCUT2D eigenvalue weighted by atomic mass is 10.1. The molecule has 0 amide bonds. The summed E-state index contributed by atoms with van der Waals surface area (Å²) in [7, 11) is 0. The number of hydrogen-bond acceptors (Lipinski definition) is 2. The fraction of sp³-hybridized carbons (Fsp3) is 0.625. The van der Waals surface area contributed by atoms with Crippen LogP contribution in [0.1, 0.15) is 30.9 Å². The average Bonchev–Trinajstić information content (AvgIpc) is 2.80. The molecule has 18 heavy (non-hydrogen) atoms. The topological polar surface area (TPSA) is 15.3 Å². The Bertz CT molecular complexity index is 414. The Kier molecular flexibility index (Phi) is 3.55. The van der Waals surface area contributed by atoms with Gasteiger partial charge in [0, 0.05) is 18.8 Å². The molecule has 1 N–H and O–H groups in total. The quantitative estimate of drug-likeness (QED) is 0.817. The average molecular weight is 244 g/mol. The van der Waals surface area contributed by atoms with Gasteiger partial charge < -0.3 is 10.2 Å². The van der Waals surface area contributed by atoms with E-state index in [1.807, 2.05) is 0 Å². The van der Waals surface area contributed by atoms with E-state index < -0.39 is 0 Å². The summed E-state index contributed by atoms with van der Waals surface area (Å²) >= 11 is 0. The third-order valence-electron chi connectivity index (χ3n) is 4.25. The molecule has 0 spiro atoms. The molecular weight excluding hydrogens is 220 g/mol. The Hall–Kier alpha value is -1.02. The number of nitrogens with one attached hydrogen (secondary N) is 1. The van der Waals surface area contributed by atoms with Crippen molar-refractivity contribution in [1.82, 2.24) is 5.32 Å². The second-order valence-electron chi connectivity index (χ2n) is 5.92. The molecule has 1 aliphatic heterocycles. The molecule has 2 aliphatic rings. The summed E-state index contributed by atoms with van der Waals surface area (Å²) in [5, 5.41) is 3.52. The number of hydrogen-bond donors (Lipinski definition) is 1. The third-order valence-corrected chi connectivity index (χ3v) is 4.25. The number of fused-ring (bicyclic) bond motifs is 1. The van der Waals surface area contributed by atoms with E-state index in [9.17, 15) is 0 Å². The van der Waals surface area contributed by atoms with E-state index in [-0.39, 0.29) is 0 Å². The molecule has 3 rings (SSSR count). The summed E-state index contributed by atoms with van der Waals surface area (Å²) in [5.41, 5.74) is 4.63. The Morgan fingerprint density at radius 3 is 3.00 bits per heavy atom. The van der Waals surface area contributed by atoms with E-state index in [1.165, 1.54) is 44.5 Å². The van der Waals surface area contributed by atoms with Gasteiger partial charge in [0.25, 0.3) is 0 Å². The van der Waals surface area contributed by atoms with Crippen molar-refractivity contribution in [2.24, 2.45) is 5.92 Å². The van der Waals surface area contributed by atoms with E-state index in [2.05, 4.69) is 35.3 Å². The van der Waals surface area contributed by atoms with Crippen molar-refractivity contribution in [1.29, 1.82) is 0 Å². The first-order valence-corrected chi connectivity index (χ1v) is 7.40. The number of nitrogens with zero attached hydrogens (tertiary/aromatic N) is 1. The van der Waals surface area contributed by atoms with E-state index in [4.69, 9.17) is 0 Å². The van der Waals surface area contributed by atoms with E-state index in [0.29, 0.717) is 0 Å². The molecule has 0 aromatic heterocycles. The Morgan fingerprint density at radius 1 is 1.17 bits per heavy atom. The highest BCUT2D eigenvalue weighted by Gasteiger charge is 2.16. The van der Waals surface area contributed by atoms with Crippen LogP contribution in [0.5, 0.6) is 0 Å². The Balaban J connectivity index is 1.79. The summed E-state index contributed by atoms with van der Waals surface area (Å²) in [4.78, 5) is 2.59. The van der Waals surface area contributed by atoms with Crippen molar-refractivity contribution < 1.29 is 0 Å². The Labute approximate surface area is 110 Å². The van der Waals surface area contributed by atoms with Gasteiger partial charge in [-0.05, 0) is 68.0 Å². The maximum Gasteiger partial charge on any atom is 0.0369 e. The van der Waals surface area contributed by atoms with Gasteiger partial charge in [0.2, 0.25) is 0 Å². The monoisotopic (exact) mass is 244 g/mol. The minimum atomic E-state index is 0.735. The number of anilines is 1. The molecule has 0 radical (unpaired) electrons. The largest absolute Gasteiger partial charge is 0.371 e. The van der Waals surface area contributed by atoms with Gasteiger partial charge >= 0.3 is 0 Å². The summed E-state index contributed by atoms with van der Waals surface area (Å²) < 4.78 is 0. The highest BCUT2D eigenvalue weighted by molar-refractivity contribution is 5.52. The van der Waals surface area contributed by atoms with Gasteiger partial charge in [0.15, 0.2) is 0 Å². The third kappa shape index (κ3) is 2.54. The standard InChI is InChI=1S/C16H24N2/c1-13-11-17-8-3-9-18(12-13)16-7-6-14-4-2-5-15(14)10-16/h6-7,10,13,17H,2-5,8-9,11-12H2,1H3. The van der Waals surface area contributed by atoms with Crippen molar-refractivity contribution in [3.05, 3.63) is 29.3 Å². The first-order valence-electron chi connectivity index (χ1n) is 7.40. The van der Waals surface area contributed by atoms with Gasteiger partial charge in [-0.2, -0.15) is 0 Å². The van der Waals surface area contributed by atoms with Crippen LogP contribution in [0, 0.1) is 5.92 Å². The smallest absolute Gasteiger partial charge is 0.0369 e. The maximum absolute atomic E-state index is 3.52. The van der Waals surface area contributed by atoms with Gasteiger partial charge in [-0.3, -0.25) is 0 Å². The molecule has 0 saturated carbocycles. The minimum Gasteiger partial charge on any atom is -0.371 e. The molecule has 0 bridgehead atoms. The van der Waals surface area contributed by atoms with Crippen LogP contribution in [0.25, 0.3) is 0 Å². The lowest BCUT2D eigenvalue weighted by Crippen LogP contribution is -2.38. The van der Waals surface area contributed by atoms with Crippen molar-refractivity contribution in [2.75, 3.05) is 31.1 Å². The maximum atomic E-state index is 3.52. The zero-order valence-corrected chi connectivity index (χ0v) is 11.4. The van der Waals surface area contributed by atoms with Crippen LogP contribution in [0.4, 0.5) is 5.69 Å². The predicted molar refractivity (Wildman–Crippen MR) is 77.3 cm³/mol. The molecule has 1 aromatic rings. The predicted octanol–water partition coefficient (Wildman–Crippen LogP) is 2.61. The molecule has 98 valence electrons. The van der Waals surface area contributed by atoms with E-state index >= 15 is 0 Å². The van der Waals surface area contributed by atoms with Gasteiger partial charge in [0.1, 0.15) is 0 Å². The fourth-order valence-corrected chi connectivity index (χ4v) is 3.26. The van der Waals surface area contributed by atoms with Gasteiger partial charge in [-0.15, -0.1) is 0 Å². The first kappa shape index (κ1) is 12.0. The molecule has 1 aliphatic carbocycles. The van der Waals surface area contributed by atoms with Crippen molar-refractivity contribution in [3.63, 3.8) is 0 Å². The second kappa shape index (κ2) is 5.31. The first-order chi connectivity index (χ1) is 8.83. The van der Waals surface area contributed by atoms with Gasteiger partial charge in [-0.25, -0.2) is 0 Å². The minimum absolute atomic E-state index is 0.735. The van der Waals surface area contributed by atoms with Crippen LogP contribution >= 0.6 is 0 Å². The number of benzene rings is 1. The molecular formula is C16H24N2. The summed E-state index contributed by atoms with van der Waals surface area (Å²) in [6.45, 7) is 7.04. The van der Waals surface area contributed by atoms with E-state index in [1.54, 1.807) is 11.1 Å². The van der Waals surface area contributed by atoms with Crippen LogP contribution in [0.2, 0.25) is 0 Å². The summed E-state index contributed by atoms with van der Waals surface area (Å²) in [6, 6.07) is 7.15. The fourth-order valence-electron chi connectivity index (χ4n) is 3.26. The molecule has 2 nitrogen and oxygen atoms in total. The normalized spacial score (nSPS) is 24.5. The highest BCUT2D eigenvalue weighted by atomic mass is 15.1. The van der Waals surface area contributed by atoms with Gasteiger partial charge in [0.05, 0.1) is 0 Å². The second-order valence-corrected chi connectivity index (χ2v) is 5.92. The molecule has 1 atom stereocenters. The van der Waals surface area contributed by atoms with Crippen LogP contribution < -0.4 is 10.2 Å². The highest BCUT2D eigenvalue weighted by Crippen LogP contribution is 2.27. The molecule has 1 heterocycles. The van der Waals surface area contributed by atoms with Crippen LogP contribution in [0.15, 0.2) is 18.2 Å². The molecule has 1 unspecified atom stereocenters. The van der Waals surface area contributed by atoms with Crippen LogP contribution in [0.3, 0.4) is 0 Å². The molecule has 2 heteroatoms. The Morgan fingerprint density at radius 2 is 2.06 bits per heavy atom. The summed E-state index contributed by atoms with van der Waals surface area (Å²) in [5.74, 6) is 0.735. The number of rotatable bonds is 1.